The van der Waals surface area contributed by atoms with E-state index in [0.29, 0.717) is 18.1 Å². The van der Waals surface area contributed by atoms with Crippen LogP contribution in [0.15, 0.2) is 24.3 Å². The van der Waals surface area contributed by atoms with Gasteiger partial charge in [-0.1, -0.05) is 6.92 Å². The zero-order valence-corrected chi connectivity index (χ0v) is 9.71. The summed E-state index contributed by atoms with van der Waals surface area (Å²) < 4.78 is 5.59. The van der Waals surface area contributed by atoms with Crippen molar-refractivity contribution >= 4 is 12.6 Å². The Hall–Kier alpha value is -1.14. The molecule has 0 aromatic heterocycles. The molecule has 0 N–H and O–H groups in total. The van der Waals surface area contributed by atoms with Gasteiger partial charge in [-0.3, -0.25) is 0 Å². The van der Waals surface area contributed by atoms with E-state index >= 15 is 0 Å². The third-order valence-electron chi connectivity index (χ3n) is 2.30. The minimum Gasteiger partial charge on any atom is -0.493 e. The molecule has 2 nitrogen and oxygen atoms in total. The van der Waals surface area contributed by atoms with Gasteiger partial charge in [-0.15, -0.1) is 0 Å². The van der Waals surface area contributed by atoms with E-state index in [4.69, 9.17) is 10.00 Å². The van der Waals surface area contributed by atoms with Gasteiger partial charge in [0.15, 0.2) is 0 Å². The number of nitrogens with zero attached hydrogens (tertiary/aromatic N) is 1. The minimum atomic E-state index is 0.490. The van der Waals surface area contributed by atoms with Gasteiger partial charge in [0.25, 0.3) is 0 Å². The van der Waals surface area contributed by atoms with Gasteiger partial charge < -0.3 is 4.74 Å². The van der Waals surface area contributed by atoms with Gasteiger partial charge in [0.2, 0.25) is 0 Å². The highest BCUT2D eigenvalue weighted by Crippen LogP contribution is 2.14. The number of nitriles is 1. The van der Waals surface area contributed by atoms with E-state index in [2.05, 4.69) is 25.6 Å². The normalized spacial score (nSPS) is 11.8. The molecule has 0 saturated carbocycles. The van der Waals surface area contributed by atoms with Crippen molar-refractivity contribution in [3.63, 3.8) is 0 Å². The Balaban J connectivity index is 2.48. The lowest BCUT2D eigenvalue weighted by Crippen LogP contribution is -2.12. The lowest BCUT2D eigenvalue weighted by Gasteiger charge is -2.13. The third-order valence-corrected chi connectivity index (χ3v) is 2.82. The molecule has 15 heavy (non-hydrogen) atoms. The average molecular weight is 221 g/mol. The molecule has 1 rings (SSSR count). The molecule has 0 aliphatic carbocycles. The maximum absolute atomic E-state index is 8.62. The van der Waals surface area contributed by atoms with E-state index in [1.165, 1.54) is 0 Å². The van der Waals surface area contributed by atoms with Gasteiger partial charge in [0.05, 0.1) is 18.2 Å². The second kappa shape index (κ2) is 6.36. The second-order valence-corrected chi connectivity index (χ2v) is 3.77. The van der Waals surface area contributed by atoms with Gasteiger partial charge in [-0.25, -0.2) is 0 Å². The first-order chi connectivity index (χ1) is 7.30. The van der Waals surface area contributed by atoms with Gasteiger partial charge in [0.1, 0.15) is 5.75 Å². The van der Waals surface area contributed by atoms with E-state index in [1.54, 1.807) is 12.1 Å². The van der Waals surface area contributed by atoms with E-state index in [1.807, 2.05) is 12.1 Å². The summed E-state index contributed by atoms with van der Waals surface area (Å²) >= 11 is 4.25. The Labute approximate surface area is 96.3 Å². The first kappa shape index (κ1) is 11.9. The zero-order valence-electron chi connectivity index (χ0n) is 8.81. The van der Waals surface area contributed by atoms with Crippen LogP contribution in [0.4, 0.5) is 0 Å². The quantitative estimate of drug-likeness (QED) is 0.775. The van der Waals surface area contributed by atoms with Crippen LogP contribution in [0.1, 0.15) is 18.9 Å². The predicted octanol–water partition coefficient (Wildman–Crippen LogP) is 2.89. The Kier molecular flexibility index (Phi) is 5.06. The standard InChI is InChI=1S/C12H15NOS/c1-2-10(9-15)8-14-12-5-3-11(7-13)4-6-12/h3-6,10,15H,2,8-9H2,1H3. The van der Waals surface area contributed by atoms with E-state index in [9.17, 15) is 0 Å². The van der Waals surface area contributed by atoms with Gasteiger partial charge in [0, 0.05) is 5.92 Å². The summed E-state index contributed by atoms with van der Waals surface area (Å²) in [5.41, 5.74) is 0.656. The highest BCUT2D eigenvalue weighted by Gasteiger charge is 2.04. The van der Waals surface area contributed by atoms with Crippen LogP contribution in [-0.2, 0) is 0 Å². The summed E-state index contributed by atoms with van der Waals surface area (Å²) in [5, 5.41) is 8.62. The van der Waals surface area contributed by atoms with Crippen molar-refractivity contribution in [3.05, 3.63) is 29.8 Å². The van der Waals surface area contributed by atoms with Crippen molar-refractivity contribution in [2.45, 2.75) is 13.3 Å². The summed E-state index contributed by atoms with van der Waals surface area (Å²) in [5.74, 6) is 2.14. The molecule has 0 heterocycles. The highest BCUT2D eigenvalue weighted by atomic mass is 32.1. The lowest BCUT2D eigenvalue weighted by molar-refractivity contribution is 0.259. The minimum absolute atomic E-state index is 0.490. The first-order valence-corrected chi connectivity index (χ1v) is 5.67. The smallest absolute Gasteiger partial charge is 0.119 e. The number of thiol groups is 1. The van der Waals surface area contributed by atoms with Gasteiger partial charge in [-0.2, -0.15) is 17.9 Å². The van der Waals surface area contributed by atoms with Crippen LogP contribution in [0, 0.1) is 17.2 Å². The summed E-state index contributed by atoms with van der Waals surface area (Å²) in [6, 6.07) is 9.24. The SMILES string of the molecule is CCC(CS)COc1ccc(C#N)cc1. The molecule has 1 atom stereocenters. The fraction of sp³-hybridized carbons (Fsp3) is 0.417. The number of ether oxygens (including phenoxy) is 1. The fourth-order valence-electron chi connectivity index (χ4n) is 1.14. The van der Waals surface area contributed by atoms with Crippen molar-refractivity contribution < 1.29 is 4.74 Å². The van der Waals surface area contributed by atoms with E-state index in [0.717, 1.165) is 17.9 Å². The van der Waals surface area contributed by atoms with Gasteiger partial charge in [-0.05, 0) is 36.4 Å². The zero-order chi connectivity index (χ0) is 11.1. The van der Waals surface area contributed by atoms with E-state index in [-0.39, 0.29) is 0 Å². The molecule has 0 fully saturated rings. The van der Waals surface area contributed by atoms with Crippen molar-refractivity contribution in [3.8, 4) is 11.8 Å². The molecule has 0 aliphatic rings. The van der Waals surface area contributed by atoms with Crippen molar-refractivity contribution in [2.24, 2.45) is 5.92 Å². The fourth-order valence-corrected chi connectivity index (χ4v) is 1.50. The molecular weight excluding hydrogens is 206 g/mol. The Morgan fingerprint density at radius 3 is 2.53 bits per heavy atom. The Morgan fingerprint density at radius 1 is 1.40 bits per heavy atom. The lowest BCUT2D eigenvalue weighted by atomic mass is 10.1. The maximum Gasteiger partial charge on any atom is 0.119 e. The van der Waals surface area contributed by atoms with Crippen LogP contribution >= 0.6 is 12.6 Å². The Morgan fingerprint density at radius 2 is 2.07 bits per heavy atom. The monoisotopic (exact) mass is 221 g/mol. The number of hydrogen-bond acceptors (Lipinski definition) is 3. The molecule has 1 aromatic carbocycles. The van der Waals surface area contributed by atoms with Crippen molar-refractivity contribution in [1.29, 1.82) is 5.26 Å². The molecule has 1 aromatic rings. The van der Waals surface area contributed by atoms with Crippen LogP contribution in [0.3, 0.4) is 0 Å². The number of hydrogen-bond donors (Lipinski definition) is 1. The molecule has 0 saturated heterocycles. The molecule has 0 bridgehead atoms. The third kappa shape index (κ3) is 3.85. The van der Waals surface area contributed by atoms with Gasteiger partial charge >= 0.3 is 0 Å². The van der Waals surface area contributed by atoms with Crippen LogP contribution < -0.4 is 4.74 Å². The van der Waals surface area contributed by atoms with Crippen LogP contribution in [-0.4, -0.2) is 12.4 Å². The van der Waals surface area contributed by atoms with Crippen LogP contribution in [0.5, 0.6) is 5.75 Å². The molecule has 1 unspecified atom stereocenters. The molecule has 0 amide bonds. The van der Waals surface area contributed by atoms with Crippen molar-refractivity contribution in [1.82, 2.24) is 0 Å². The molecule has 0 aliphatic heterocycles. The predicted molar refractivity (Wildman–Crippen MR) is 64.3 cm³/mol. The van der Waals surface area contributed by atoms with E-state index < -0.39 is 0 Å². The largest absolute Gasteiger partial charge is 0.493 e. The van der Waals surface area contributed by atoms with Crippen molar-refractivity contribution in [2.75, 3.05) is 12.4 Å². The molecule has 0 spiro atoms. The topological polar surface area (TPSA) is 33.0 Å². The number of rotatable bonds is 5. The molecule has 3 heteroatoms. The summed E-state index contributed by atoms with van der Waals surface area (Å²) in [6.45, 7) is 2.81. The molecular formula is C12H15NOS. The summed E-state index contributed by atoms with van der Waals surface area (Å²) in [7, 11) is 0. The summed E-state index contributed by atoms with van der Waals surface area (Å²) in [6.07, 6.45) is 1.07. The van der Waals surface area contributed by atoms with Crippen LogP contribution in [0.2, 0.25) is 0 Å². The maximum atomic E-state index is 8.62. The van der Waals surface area contributed by atoms with Crippen LogP contribution in [0.25, 0.3) is 0 Å². The average Bonchev–Trinajstić information content (AvgIpc) is 2.31. The highest BCUT2D eigenvalue weighted by molar-refractivity contribution is 7.80. The second-order valence-electron chi connectivity index (χ2n) is 3.40. The summed E-state index contributed by atoms with van der Waals surface area (Å²) in [4.78, 5) is 0. The number of benzene rings is 1. The first-order valence-electron chi connectivity index (χ1n) is 5.04. The Bertz CT molecular complexity index is 324. The molecule has 80 valence electrons. The molecule has 0 radical (unpaired) electrons.